The molecule has 0 saturated carbocycles. The molecule has 2 aromatic rings. The molecule has 2 aromatic carbocycles. The first-order chi connectivity index (χ1) is 10.8. The largest absolute Gasteiger partial charge is 0.496 e. The Morgan fingerprint density at radius 2 is 2.00 bits per heavy atom. The molecule has 1 heterocycles. The number of amides is 1. The quantitative estimate of drug-likeness (QED) is 0.910. The van der Waals surface area contributed by atoms with Gasteiger partial charge in [-0.25, -0.2) is 0 Å². The third kappa shape index (κ3) is 2.97. The Hall–Kier alpha value is -2.33. The lowest BCUT2D eigenvalue weighted by Gasteiger charge is -2.27. The predicted molar refractivity (Wildman–Crippen MR) is 86.2 cm³/mol. The third-order valence-electron chi connectivity index (χ3n) is 4.03. The average Bonchev–Trinajstić information content (AvgIpc) is 2.59. The van der Waals surface area contributed by atoms with Gasteiger partial charge < -0.3 is 15.4 Å². The van der Waals surface area contributed by atoms with Gasteiger partial charge in [0.15, 0.2) is 0 Å². The minimum atomic E-state index is -0.109. The van der Waals surface area contributed by atoms with Crippen molar-refractivity contribution in [2.24, 2.45) is 0 Å². The molecule has 0 aliphatic carbocycles. The number of carbonyl (C=O) groups excluding carboxylic acids is 1. The summed E-state index contributed by atoms with van der Waals surface area (Å²) >= 11 is 0. The Kier molecular flexibility index (Phi) is 4.39. The van der Waals surface area contributed by atoms with Gasteiger partial charge in [-0.05, 0) is 36.2 Å². The SMILES string of the molecule is COc1ccccc1C(=O)NCC1NCCc2ccccc21. The second-order valence-electron chi connectivity index (χ2n) is 5.37. The van der Waals surface area contributed by atoms with E-state index in [0.717, 1.165) is 13.0 Å². The van der Waals surface area contributed by atoms with Crippen LogP contribution >= 0.6 is 0 Å². The van der Waals surface area contributed by atoms with Crippen LogP contribution in [0.1, 0.15) is 27.5 Å². The summed E-state index contributed by atoms with van der Waals surface area (Å²) < 4.78 is 5.24. The zero-order valence-electron chi connectivity index (χ0n) is 12.6. The number of benzene rings is 2. The first-order valence-electron chi connectivity index (χ1n) is 7.52. The van der Waals surface area contributed by atoms with Gasteiger partial charge in [0, 0.05) is 12.6 Å². The molecule has 22 heavy (non-hydrogen) atoms. The fourth-order valence-electron chi connectivity index (χ4n) is 2.90. The number of para-hydroxylation sites is 1. The normalized spacial score (nSPS) is 16.7. The first kappa shape index (κ1) is 14.6. The van der Waals surface area contributed by atoms with Crippen LogP contribution in [-0.2, 0) is 6.42 Å². The molecule has 1 unspecified atom stereocenters. The maximum Gasteiger partial charge on any atom is 0.255 e. The standard InChI is InChI=1S/C18H20N2O2/c1-22-17-9-5-4-8-15(17)18(21)20-12-16-14-7-3-2-6-13(14)10-11-19-16/h2-9,16,19H,10-12H2,1H3,(H,20,21). The van der Waals surface area contributed by atoms with Crippen molar-refractivity contribution in [3.63, 3.8) is 0 Å². The van der Waals surface area contributed by atoms with Crippen molar-refractivity contribution < 1.29 is 9.53 Å². The Morgan fingerprint density at radius 1 is 1.23 bits per heavy atom. The maximum atomic E-state index is 12.4. The smallest absolute Gasteiger partial charge is 0.255 e. The zero-order chi connectivity index (χ0) is 15.4. The van der Waals surface area contributed by atoms with E-state index in [-0.39, 0.29) is 11.9 Å². The van der Waals surface area contributed by atoms with Crippen LogP contribution < -0.4 is 15.4 Å². The van der Waals surface area contributed by atoms with Gasteiger partial charge in [-0.15, -0.1) is 0 Å². The summed E-state index contributed by atoms with van der Waals surface area (Å²) in [6.07, 6.45) is 1.03. The highest BCUT2D eigenvalue weighted by atomic mass is 16.5. The molecular formula is C18H20N2O2. The van der Waals surface area contributed by atoms with E-state index in [1.54, 1.807) is 19.2 Å². The summed E-state index contributed by atoms with van der Waals surface area (Å²) in [6.45, 7) is 1.50. The van der Waals surface area contributed by atoms with Gasteiger partial charge in [0.2, 0.25) is 0 Å². The number of fused-ring (bicyclic) bond motifs is 1. The molecule has 0 fully saturated rings. The predicted octanol–water partition coefficient (Wildman–Crippen LogP) is 2.31. The lowest BCUT2D eigenvalue weighted by Crippen LogP contribution is -2.38. The molecule has 1 amide bonds. The van der Waals surface area contributed by atoms with Crippen LogP contribution in [0, 0.1) is 0 Å². The molecule has 4 nitrogen and oxygen atoms in total. The minimum absolute atomic E-state index is 0.109. The van der Waals surface area contributed by atoms with Gasteiger partial charge in [0.05, 0.1) is 12.7 Å². The maximum absolute atomic E-state index is 12.4. The van der Waals surface area contributed by atoms with Crippen LogP contribution in [0.25, 0.3) is 0 Å². The number of rotatable bonds is 4. The van der Waals surface area contributed by atoms with Crippen LogP contribution in [0.3, 0.4) is 0 Å². The highest BCUT2D eigenvalue weighted by Crippen LogP contribution is 2.22. The van der Waals surface area contributed by atoms with E-state index in [2.05, 4.69) is 28.8 Å². The first-order valence-corrected chi connectivity index (χ1v) is 7.52. The average molecular weight is 296 g/mol. The number of ether oxygens (including phenoxy) is 1. The summed E-state index contributed by atoms with van der Waals surface area (Å²) in [5.74, 6) is 0.485. The lowest BCUT2D eigenvalue weighted by molar-refractivity contribution is 0.0946. The summed E-state index contributed by atoms with van der Waals surface area (Å²) in [5, 5.41) is 6.47. The van der Waals surface area contributed by atoms with Gasteiger partial charge in [0.1, 0.15) is 5.75 Å². The molecule has 2 N–H and O–H groups in total. The minimum Gasteiger partial charge on any atom is -0.496 e. The van der Waals surface area contributed by atoms with E-state index in [1.807, 2.05) is 18.2 Å². The third-order valence-corrected chi connectivity index (χ3v) is 4.03. The van der Waals surface area contributed by atoms with E-state index in [4.69, 9.17) is 4.74 Å². The van der Waals surface area contributed by atoms with Gasteiger partial charge in [-0.3, -0.25) is 4.79 Å². The van der Waals surface area contributed by atoms with E-state index in [1.165, 1.54) is 11.1 Å². The van der Waals surface area contributed by atoms with E-state index >= 15 is 0 Å². The zero-order valence-corrected chi connectivity index (χ0v) is 12.6. The molecule has 4 heteroatoms. The number of nitrogens with one attached hydrogen (secondary N) is 2. The van der Waals surface area contributed by atoms with E-state index < -0.39 is 0 Å². The van der Waals surface area contributed by atoms with Gasteiger partial charge in [0.25, 0.3) is 5.91 Å². The topological polar surface area (TPSA) is 50.4 Å². The van der Waals surface area contributed by atoms with Crippen molar-refractivity contribution in [3.8, 4) is 5.75 Å². The van der Waals surface area contributed by atoms with Crippen molar-refractivity contribution >= 4 is 5.91 Å². The van der Waals surface area contributed by atoms with Crippen LogP contribution in [0.4, 0.5) is 0 Å². The molecule has 1 aliphatic heterocycles. The van der Waals surface area contributed by atoms with Crippen LogP contribution in [0.15, 0.2) is 48.5 Å². The summed E-state index contributed by atoms with van der Waals surface area (Å²) in [6, 6.07) is 15.8. The fourth-order valence-corrected chi connectivity index (χ4v) is 2.90. The molecule has 114 valence electrons. The van der Waals surface area contributed by atoms with Crippen LogP contribution in [0.2, 0.25) is 0 Å². The van der Waals surface area contributed by atoms with Crippen molar-refractivity contribution in [2.75, 3.05) is 20.2 Å². The highest BCUT2D eigenvalue weighted by molar-refractivity contribution is 5.96. The highest BCUT2D eigenvalue weighted by Gasteiger charge is 2.20. The molecule has 0 spiro atoms. The van der Waals surface area contributed by atoms with E-state index in [0.29, 0.717) is 17.9 Å². The van der Waals surface area contributed by atoms with Crippen LogP contribution in [0.5, 0.6) is 5.75 Å². The molecule has 1 aliphatic rings. The van der Waals surface area contributed by atoms with Crippen molar-refractivity contribution in [1.82, 2.24) is 10.6 Å². The van der Waals surface area contributed by atoms with Crippen LogP contribution in [-0.4, -0.2) is 26.1 Å². The number of methoxy groups -OCH3 is 1. The molecule has 0 saturated heterocycles. The van der Waals surface area contributed by atoms with Crippen molar-refractivity contribution in [2.45, 2.75) is 12.5 Å². The summed E-state index contributed by atoms with van der Waals surface area (Å²) in [4.78, 5) is 12.4. The summed E-state index contributed by atoms with van der Waals surface area (Å²) in [7, 11) is 1.57. The van der Waals surface area contributed by atoms with Gasteiger partial charge in [-0.1, -0.05) is 36.4 Å². The molecule has 0 radical (unpaired) electrons. The Labute approximate surface area is 130 Å². The number of hydrogen-bond acceptors (Lipinski definition) is 3. The second kappa shape index (κ2) is 6.62. The molecule has 3 rings (SSSR count). The van der Waals surface area contributed by atoms with Crippen molar-refractivity contribution in [1.29, 1.82) is 0 Å². The van der Waals surface area contributed by atoms with E-state index in [9.17, 15) is 4.79 Å². The molecule has 0 aromatic heterocycles. The van der Waals surface area contributed by atoms with Gasteiger partial charge >= 0.3 is 0 Å². The Morgan fingerprint density at radius 3 is 2.86 bits per heavy atom. The molecule has 0 bridgehead atoms. The summed E-state index contributed by atoms with van der Waals surface area (Å²) in [5.41, 5.74) is 3.20. The van der Waals surface area contributed by atoms with Gasteiger partial charge in [-0.2, -0.15) is 0 Å². The number of carbonyl (C=O) groups is 1. The Balaban J connectivity index is 1.70. The number of hydrogen-bond donors (Lipinski definition) is 2. The molecule has 1 atom stereocenters. The fraction of sp³-hybridized carbons (Fsp3) is 0.278. The second-order valence-corrected chi connectivity index (χ2v) is 5.37. The Bertz CT molecular complexity index is 670. The molecular weight excluding hydrogens is 276 g/mol. The monoisotopic (exact) mass is 296 g/mol. The lowest BCUT2D eigenvalue weighted by atomic mass is 9.94. The van der Waals surface area contributed by atoms with Crippen molar-refractivity contribution in [3.05, 3.63) is 65.2 Å².